The highest BCUT2D eigenvalue weighted by molar-refractivity contribution is 4.96. The number of hydrogen-bond acceptors (Lipinski definition) is 23. The van der Waals surface area contributed by atoms with E-state index >= 15 is 0 Å². The average Bonchev–Trinajstić information content (AvgIpc) is 3.83. The molecular formula is C44H85N3O21. The monoisotopic (exact) mass is 992 g/mol. The Morgan fingerprint density at radius 3 is 1.35 bits per heavy atom. The van der Waals surface area contributed by atoms with Crippen molar-refractivity contribution in [1.29, 1.82) is 0 Å². The van der Waals surface area contributed by atoms with E-state index in [1.54, 1.807) is 17.8 Å². The first-order valence-electron chi connectivity index (χ1n) is 24.1. The van der Waals surface area contributed by atoms with Gasteiger partial charge in [0.1, 0.15) is 97.7 Å². The number of ether oxygens (including phenoxy) is 12. The zero-order valence-corrected chi connectivity index (χ0v) is 41.7. The minimum Gasteiger partial charge on any atom is -0.387 e. The number of nitrogens with zero attached hydrogens (tertiary/aromatic N) is 3. The molecule has 0 saturated carbocycles. The van der Waals surface area contributed by atoms with E-state index in [0.717, 1.165) is 5.69 Å². The van der Waals surface area contributed by atoms with Crippen LogP contribution in [0.5, 0.6) is 0 Å². The third-order valence-corrected chi connectivity index (χ3v) is 11.1. The fourth-order valence-corrected chi connectivity index (χ4v) is 7.66. The molecule has 24 nitrogen and oxygen atoms in total. The van der Waals surface area contributed by atoms with Crippen molar-refractivity contribution in [3.63, 3.8) is 0 Å². The predicted molar refractivity (Wildman–Crippen MR) is 239 cm³/mol. The van der Waals surface area contributed by atoms with Crippen LogP contribution in [0.3, 0.4) is 0 Å². The van der Waals surface area contributed by atoms with Gasteiger partial charge in [0.15, 0.2) is 25.2 Å². The van der Waals surface area contributed by atoms with Gasteiger partial charge in [0.05, 0.1) is 32.1 Å². The summed E-state index contributed by atoms with van der Waals surface area (Å²) in [5, 5.41) is 106. The van der Waals surface area contributed by atoms with Gasteiger partial charge in [-0.3, -0.25) is 4.68 Å². The highest BCUT2D eigenvalue weighted by Crippen LogP contribution is 2.31. The first-order chi connectivity index (χ1) is 32.8. The van der Waals surface area contributed by atoms with Crippen molar-refractivity contribution in [1.82, 2.24) is 15.0 Å². The second-order valence-electron chi connectivity index (χ2n) is 15.5. The Kier molecular flexibility index (Phi) is 30.4. The summed E-state index contributed by atoms with van der Waals surface area (Å²) < 4.78 is 70.9. The minimum absolute atomic E-state index is 0.0824. The third-order valence-electron chi connectivity index (χ3n) is 11.1. The molecule has 0 spiro atoms. The largest absolute Gasteiger partial charge is 0.387 e. The van der Waals surface area contributed by atoms with Gasteiger partial charge < -0.3 is 103 Å². The SMILES string of the molecule is CC.CC.CC.CCCO[C@H]1[C@H](O)[C@@H](O)[C@@H](OC[C@H]2O[C@H](OC)[C@H](O)[C@@H](O)[C@@H]2OCC)O[C@@H]1CO[C@H]1O[C@H](CO[C@H]2O[C@H](COC)[C@@H](O)[C@H](O)[C@H]2O)[C@@H](OCCCc2cn(CC)nn2)[C@H](O)[C@H]1O. The molecule has 0 radical (unpaired) electrons. The van der Waals surface area contributed by atoms with Crippen molar-refractivity contribution in [2.24, 2.45) is 0 Å². The molecule has 4 aliphatic rings. The van der Waals surface area contributed by atoms with Crippen LogP contribution < -0.4 is 0 Å². The maximum absolute atomic E-state index is 11.5. The van der Waals surface area contributed by atoms with Crippen LogP contribution in [0.4, 0.5) is 0 Å². The molecule has 4 fully saturated rings. The predicted octanol–water partition coefficient (Wildman–Crippen LogP) is -1.61. The Balaban J connectivity index is 0.00000254. The van der Waals surface area contributed by atoms with E-state index in [0.29, 0.717) is 25.8 Å². The lowest BCUT2D eigenvalue weighted by Crippen LogP contribution is -2.64. The molecule has 68 heavy (non-hydrogen) atoms. The summed E-state index contributed by atoms with van der Waals surface area (Å²) in [5.74, 6) is 0. The Morgan fingerprint density at radius 1 is 0.500 bits per heavy atom. The lowest BCUT2D eigenvalue weighted by molar-refractivity contribution is -0.351. The molecule has 0 aliphatic carbocycles. The topological polar surface area (TPSA) is 324 Å². The van der Waals surface area contributed by atoms with E-state index in [4.69, 9.17) is 56.8 Å². The van der Waals surface area contributed by atoms with Gasteiger partial charge in [-0.1, -0.05) is 53.7 Å². The van der Waals surface area contributed by atoms with Gasteiger partial charge in [-0.25, -0.2) is 0 Å². The van der Waals surface area contributed by atoms with E-state index in [1.165, 1.54) is 14.2 Å². The fraction of sp³-hybridized carbons (Fsp3) is 0.955. The Bertz CT molecular complexity index is 1430. The molecular weight excluding hydrogens is 906 g/mol. The van der Waals surface area contributed by atoms with Gasteiger partial charge >= 0.3 is 0 Å². The second-order valence-corrected chi connectivity index (χ2v) is 15.5. The number of aryl methyl sites for hydroxylation is 2. The number of methoxy groups -OCH3 is 2. The standard InChI is InChI=1S/C38H67N3O21.3C2H6/c1-6-11-54-33-21(61-37(30(49)26(33)45)57-15-20-32(53-8-3)25(44)29(48)35(52-5)60-20)16-58-38-31(50)27(46)34(55-12-9-10-18-13-41(7-2)40-39-18)22(62-38)17-56-36-28(47)24(43)23(42)19(59-36)14-51-4;3*1-2/h13,19-38,42-50H,6-12,14-17H2,1-5H3;3*1-2H3/t19-,20-,21-,22-,23-,24+,25-,26-,27-,28-,29-,30-,31-,32-,33-,34-,35+,36+,37+,38+;;;/m1.../s1. The Morgan fingerprint density at radius 2 is 0.926 bits per heavy atom. The maximum Gasteiger partial charge on any atom is 0.186 e. The fourth-order valence-electron chi connectivity index (χ4n) is 7.66. The quantitative estimate of drug-likeness (QED) is 0.0557. The highest BCUT2D eigenvalue weighted by Gasteiger charge is 2.52. The van der Waals surface area contributed by atoms with E-state index in [2.05, 4.69) is 10.3 Å². The van der Waals surface area contributed by atoms with Crippen LogP contribution in [0, 0.1) is 0 Å². The third kappa shape index (κ3) is 16.9. The summed E-state index contributed by atoms with van der Waals surface area (Å²) in [4.78, 5) is 0. The van der Waals surface area contributed by atoms with E-state index < -0.39 is 136 Å². The summed E-state index contributed by atoms with van der Waals surface area (Å²) in [5.41, 5.74) is 0.728. The molecule has 24 heteroatoms. The first-order valence-corrected chi connectivity index (χ1v) is 24.1. The van der Waals surface area contributed by atoms with Crippen LogP contribution in [0.2, 0.25) is 0 Å². The number of aliphatic hydroxyl groups is 9. The first kappa shape index (κ1) is 62.4. The molecule has 1 aromatic heterocycles. The van der Waals surface area contributed by atoms with Gasteiger partial charge in [0.2, 0.25) is 0 Å². The molecule has 4 aliphatic heterocycles. The second kappa shape index (κ2) is 33.1. The lowest BCUT2D eigenvalue weighted by atomic mass is 9.97. The van der Waals surface area contributed by atoms with E-state index in [9.17, 15) is 46.0 Å². The number of aliphatic hydroxyl groups excluding tert-OH is 9. The zero-order valence-electron chi connectivity index (χ0n) is 41.7. The van der Waals surface area contributed by atoms with Crippen LogP contribution in [-0.2, 0) is 69.8 Å². The molecule has 5 heterocycles. The Hall–Kier alpha value is -1.70. The summed E-state index contributed by atoms with van der Waals surface area (Å²) in [6, 6.07) is 0. The van der Waals surface area contributed by atoms with Crippen molar-refractivity contribution in [3.8, 4) is 0 Å². The van der Waals surface area contributed by atoms with Crippen LogP contribution in [0.25, 0.3) is 0 Å². The molecule has 0 amide bonds. The normalized spacial score (nSPS) is 38.3. The highest BCUT2D eigenvalue weighted by atomic mass is 16.8. The molecule has 0 bridgehead atoms. The molecule has 1 aromatic rings. The number of aromatic nitrogens is 3. The average molecular weight is 992 g/mol. The van der Waals surface area contributed by atoms with Gasteiger partial charge in [-0.05, 0) is 33.1 Å². The number of hydrogen-bond donors (Lipinski definition) is 9. The summed E-state index contributed by atoms with van der Waals surface area (Å²) in [7, 11) is 2.65. The zero-order chi connectivity index (χ0) is 51.1. The van der Waals surface area contributed by atoms with Crippen molar-refractivity contribution in [3.05, 3.63) is 11.9 Å². The van der Waals surface area contributed by atoms with Crippen molar-refractivity contribution < 1.29 is 103 Å². The van der Waals surface area contributed by atoms with Gasteiger partial charge in [-0.15, -0.1) is 5.10 Å². The number of rotatable bonds is 23. The molecule has 0 aromatic carbocycles. The molecule has 4 saturated heterocycles. The van der Waals surface area contributed by atoms with Gasteiger partial charge in [-0.2, -0.15) is 0 Å². The van der Waals surface area contributed by atoms with Crippen LogP contribution in [-0.4, -0.2) is 244 Å². The van der Waals surface area contributed by atoms with Crippen molar-refractivity contribution in [2.45, 2.75) is 211 Å². The molecule has 5 rings (SSSR count). The smallest absolute Gasteiger partial charge is 0.186 e. The Labute approximate surface area is 400 Å². The molecule has 402 valence electrons. The van der Waals surface area contributed by atoms with E-state index in [1.807, 2.05) is 55.4 Å². The minimum atomic E-state index is -1.71. The van der Waals surface area contributed by atoms with Crippen molar-refractivity contribution in [2.75, 3.05) is 60.5 Å². The molecule has 9 N–H and O–H groups in total. The maximum atomic E-state index is 11.5. The molecule has 20 atom stereocenters. The lowest BCUT2D eigenvalue weighted by Gasteiger charge is -2.46. The summed E-state index contributed by atoms with van der Waals surface area (Å²) >= 11 is 0. The van der Waals surface area contributed by atoms with Crippen LogP contribution in [0.15, 0.2) is 6.20 Å². The van der Waals surface area contributed by atoms with Crippen molar-refractivity contribution >= 4 is 0 Å². The summed E-state index contributed by atoms with van der Waals surface area (Å²) in [6.45, 7) is 17.1. The molecule has 0 unspecified atom stereocenters. The van der Waals surface area contributed by atoms with Gasteiger partial charge in [0.25, 0.3) is 0 Å². The van der Waals surface area contributed by atoms with Gasteiger partial charge in [0, 0.05) is 46.8 Å². The van der Waals surface area contributed by atoms with E-state index in [-0.39, 0.29) is 33.0 Å². The summed E-state index contributed by atoms with van der Waals surface area (Å²) in [6.07, 6.45) is -24.6. The van der Waals surface area contributed by atoms with Crippen LogP contribution in [0.1, 0.15) is 80.8 Å². The van der Waals surface area contributed by atoms with Crippen LogP contribution >= 0.6 is 0 Å².